The van der Waals surface area contributed by atoms with Gasteiger partial charge in [0.1, 0.15) is 17.3 Å². The number of fused-ring (bicyclic) bond motifs is 2. The molecule has 0 unspecified atom stereocenters. The van der Waals surface area contributed by atoms with E-state index < -0.39 is 5.82 Å². The fourth-order valence-electron chi connectivity index (χ4n) is 4.39. The van der Waals surface area contributed by atoms with Gasteiger partial charge in [-0.15, -0.1) is 0 Å². The number of aromatic nitrogens is 6. The summed E-state index contributed by atoms with van der Waals surface area (Å²) in [7, 11) is 0. The highest BCUT2D eigenvalue weighted by Gasteiger charge is 2.20. The number of rotatable bonds is 6. The van der Waals surface area contributed by atoms with Gasteiger partial charge in [-0.25, -0.2) is 18.7 Å². The summed E-state index contributed by atoms with van der Waals surface area (Å²) >= 11 is 0. The van der Waals surface area contributed by atoms with Crippen molar-refractivity contribution in [2.45, 2.75) is 13.5 Å². The molecule has 0 bridgehead atoms. The molecule has 9 heteroatoms. The molecule has 0 saturated heterocycles. The first kappa shape index (κ1) is 22.0. The first-order chi connectivity index (χ1) is 17.6. The number of imidazole rings is 1. The average molecular weight is 482 g/mol. The minimum Gasteiger partial charge on any atom is -0.335 e. The molecule has 4 heterocycles. The van der Waals surface area contributed by atoms with Crippen molar-refractivity contribution in [3.63, 3.8) is 0 Å². The molecule has 0 radical (unpaired) electrons. The van der Waals surface area contributed by atoms with E-state index in [4.69, 9.17) is 0 Å². The van der Waals surface area contributed by atoms with E-state index in [-0.39, 0.29) is 5.82 Å². The van der Waals surface area contributed by atoms with Crippen LogP contribution in [0, 0.1) is 11.6 Å². The van der Waals surface area contributed by atoms with Crippen LogP contribution in [-0.2, 0) is 6.54 Å². The van der Waals surface area contributed by atoms with Crippen molar-refractivity contribution < 1.29 is 8.78 Å². The van der Waals surface area contributed by atoms with E-state index in [1.165, 1.54) is 12.1 Å². The Bertz CT molecular complexity index is 1720. The molecule has 7 nitrogen and oxygen atoms in total. The van der Waals surface area contributed by atoms with Crippen molar-refractivity contribution in [1.82, 2.24) is 35.5 Å². The third kappa shape index (κ3) is 3.79. The Kier molecular flexibility index (Phi) is 5.46. The van der Waals surface area contributed by atoms with Gasteiger partial charge < -0.3 is 10.3 Å². The smallest absolute Gasteiger partial charge is 0.178 e. The molecule has 2 aromatic carbocycles. The van der Waals surface area contributed by atoms with Crippen LogP contribution in [0.3, 0.4) is 0 Å². The summed E-state index contributed by atoms with van der Waals surface area (Å²) in [6.07, 6.45) is 5.03. The molecule has 4 aromatic heterocycles. The molecule has 0 spiro atoms. The second-order valence-electron chi connectivity index (χ2n) is 8.44. The number of H-pyrrole nitrogens is 2. The fraction of sp³-hybridized carbons (Fsp3) is 0.111. The standard InChI is InChI=1S/C27H21F2N7/c1-2-30-12-15-10-17(14-31-13-15)19-6-7-21-22(23(19)29)25(36-35-21)27-33-24-20(8-9-32-26(24)34-27)16-4-3-5-18(28)11-16/h3-11,13-14,30H,2,12H2,1H3,(H,35,36)(H,32,33,34). The first-order valence-electron chi connectivity index (χ1n) is 11.5. The number of halogens is 2. The van der Waals surface area contributed by atoms with Crippen LogP contribution < -0.4 is 5.32 Å². The van der Waals surface area contributed by atoms with Gasteiger partial charge in [0, 0.05) is 41.8 Å². The number of nitrogens with one attached hydrogen (secondary N) is 3. The maximum Gasteiger partial charge on any atom is 0.178 e. The third-order valence-electron chi connectivity index (χ3n) is 6.10. The predicted octanol–water partition coefficient (Wildman–Crippen LogP) is 5.62. The van der Waals surface area contributed by atoms with E-state index in [1.54, 1.807) is 42.9 Å². The minimum atomic E-state index is -0.419. The second kappa shape index (κ2) is 8.94. The van der Waals surface area contributed by atoms with Gasteiger partial charge in [-0.1, -0.05) is 19.1 Å². The number of benzene rings is 2. The van der Waals surface area contributed by atoms with Crippen LogP contribution in [0.2, 0.25) is 0 Å². The van der Waals surface area contributed by atoms with Crippen LogP contribution in [0.25, 0.3) is 55.8 Å². The van der Waals surface area contributed by atoms with Crippen LogP contribution in [0.5, 0.6) is 0 Å². The molecular formula is C27H21F2N7. The predicted molar refractivity (Wildman–Crippen MR) is 135 cm³/mol. The Hall–Kier alpha value is -4.50. The van der Waals surface area contributed by atoms with E-state index in [1.807, 2.05) is 19.1 Å². The van der Waals surface area contributed by atoms with Crippen LogP contribution in [0.15, 0.2) is 67.1 Å². The van der Waals surface area contributed by atoms with E-state index in [0.29, 0.717) is 56.8 Å². The van der Waals surface area contributed by atoms with E-state index in [9.17, 15) is 4.39 Å². The fourth-order valence-corrected chi connectivity index (χ4v) is 4.39. The second-order valence-corrected chi connectivity index (χ2v) is 8.44. The molecule has 36 heavy (non-hydrogen) atoms. The van der Waals surface area contributed by atoms with Gasteiger partial charge in [0.15, 0.2) is 11.5 Å². The maximum absolute atomic E-state index is 16.0. The lowest BCUT2D eigenvalue weighted by molar-refractivity contribution is 0.628. The number of aromatic amines is 2. The Morgan fingerprint density at radius 1 is 0.972 bits per heavy atom. The number of hydrogen-bond donors (Lipinski definition) is 3. The van der Waals surface area contributed by atoms with Crippen molar-refractivity contribution in [2.75, 3.05) is 6.54 Å². The summed E-state index contributed by atoms with van der Waals surface area (Å²) in [5, 5.41) is 10.8. The van der Waals surface area contributed by atoms with Gasteiger partial charge in [-0.3, -0.25) is 10.1 Å². The highest BCUT2D eigenvalue weighted by molar-refractivity contribution is 5.98. The zero-order valence-corrected chi connectivity index (χ0v) is 19.3. The molecule has 0 amide bonds. The monoisotopic (exact) mass is 481 g/mol. The van der Waals surface area contributed by atoms with Gasteiger partial charge in [-0.05, 0) is 54.1 Å². The zero-order valence-electron chi connectivity index (χ0n) is 19.3. The Labute approximate surface area is 204 Å². The summed E-state index contributed by atoms with van der Waals surface area (Å²) in [5.41, 5.74) is 5.42. The van der Waals surface area contributed by atoms with Gasteiger partial charge in [0.25, 0.3) is 0 Å². The largest absolute Gasteiger partial charge is 0.335 e. The molecular weight excluding hydrogens is 460 g/mol. The molecule has 6 rings (SSSR count). The molecule has 6 aromatic rings. The third-order valence-corrected chi connectivity index (χ3v) is 6.10. The van der Waals surface area contributed by atoms with Gasteiger partial charge >= 0.3 is 0 Å². The molecule has 0 atom stereocenters. The topological polar surface area (TPSA) is 95.2 Å². The lowest BCUT2D eigenvalue weighted by Gasteiger charge is -2.07. The molecule has 0 aliphatic carbocycles. The lowest BCUT2D eigenvalue weighted by atomic mass is 10.0. The summed E-state index contributed by atoms with van der Waals surface area (Å²) in [6, 6.07) is 13.5. The van der Waals surface area contributed by atoms with E-state index >= 15 is 4.39 Å². The zero-order chi connectivity index (χ0) is 24.6. The maximum atomic E-state index is 16.0. The van der Waals surface area contributed by atoms with Crippen molar-refractivity contribution in [3.05, 3.63) is 84.3 Å². The molecule has 0 aliphatic heterocycles. The minimum absolute atomic E-state index is 0.316. The molecule has 0 saturated carbocycles. The Morgan fingerprint density at radius 3 is 2.75 bits per heavy atom. The number of pyridine rings is 2. The van der Waals surface area contributed by atoms with Gasteiger partial charge in [-0.2, -0.15) is 5.10 Å². The van der Waals surface area contributed by atoms with Crippen molar-refractivity contribution in [2.24, 2.45) is 0 Å². The van der Waals surface area contributed by atoms with Crippen LogP contribution >= 0.6 is 0 Å². The Balaban J connectivity index is 1.48. The summed E-state index contributed by atoms with van der Waals surface area (Å²) in [6.45, 7) is 3.51. The molecule has 0 aliphatic rings. The highest BCUT2D eigenvalue weighted by Crippen LogP contribution is 2.35. The lowest BCUT2D eigenvalue weighted by Crippen LogP contribution is -2.11. The van der Waals surface area contributed by atoms with E-state index in [2.05, 4.69) is 35.5 Å². The summed E-state index contributed by atoms with van der Waals surface area (Å²) in [5.74, 6) is -0.394. The van der Waals surface area contributed by atoms with Crippen molar-refractivity contribution in [1.29, 1.82) is 0 Å². The Morgan fingerprint density at radius 2 is 1.89 bits per heavy atom. The van der Waals surface area contributed by atoms with Crippen LogP contribution in [0.1, 0.15) is 12.5 Å². The van der Waals surface area contributed by atoms with Gasteiger partial charge in [0.05, 0.1) is 16.4 Å². The summed E-state index contributed by atoms with van der Waals surface area (Å²) < 4.78 is 29.8. The quantitative estimate of drug-likeness (QED) is 0.287. The van der Waals surface area contributed by atoms with Crippen molar-refractivity contribution >= 4 is 22.1 Å². The highest BCUT2D eigenvalue weighted by atomic mass is 19.1. The molecule has 3 N–H and O–H groups in total. The molecule has 0 fully saturated rings. The van der Waals surface area contributed by atoms with Crippen molar-refractivity contribution in [3.8, 4) is 33.8 Å². The SMILES string of the molecule is CCNCc1cncc(-c2ccc3[nH]nc(-c4nc5nccc(-c6cccc(F)c6)c5[nH]4)c3c2F)c1. The van der Waals surface area contributed by atoms with Crippen LogP contribution in [-0.4, -0.2) is 36.7 Å². The van der Waals surface area contributed by atoms with Crippen LogP contribution in [0.4, 0.5) is 8.78 Å². The average Bonchev–Trinajstić information content (AvgIpc) is 3.52. The van der Waals surface area contributed by atoms with Gasteiger partial charge in [0.2, 0.25) is 0 Å². The normalized spacial score (nSPS) is 11.5. The first-order valence-corrected chi connectivity index (χ1v) is 11.5. The molecule has 178 valence electrons. The van der Waals surface area contributed by atoms with E-state index in [0.717, 1.165) is 17.7 Å². The summed E-state index contributed by atoms with van der Waals surface area (Å²) in [4.78, 5) is 16.4. The number of nitrogens with zero attached hydrogens (tertiary/aromatic N) is 4. The number of hydrogen-bond acceptors (Lipinski definition) is 5.